The summed E-state index contributed by atoms with van der Waals surface area (Å²) < 4.78 is 0. The number of hydrogen-bond acceptors (Lipinski definition) is 1. The normalized spacial score (nSPS) is 12.5. The van der Waals surface area contributed by atoms with Gasteiger partial charge in [0.25, 0.3) is 0 Å². The Morgan fingerprint density at radius 1 is 0.737 bits per heavy atom. The fraction of sp³-hybridized carbons (Fsp3) is 0.944. The van der Waals surface area contributed by atoms with Crippen LogP contribution in [0.3, 0.4) is 0 Å². The van der Waals surface area contributed by atoms with Gasteiger partial charge in [-0.2, -0.15) is 0 Å². The third kappa shape index (κ3) is 15.6. The standard InChI is InChI=1S/C18H36O/c1-3-4-15-18(2)16-13-11-9-7-5-6-8-10-12-14-17-19/h17-18H,3-16H2,1-2H3. The molecule has 0 aromatic rings. The molecule has 1 nitrogen and oxygen atoms in total. The molecule has 0 aliphatic carbocycles. The summed E-state index contributed by atoms with van der Waals surface area (Å²) in [5.74, 6) is 0.942. The predicted molar refractivity (Wildman–Crippen MR) is 85.5 cm³/mol. The van der Waals surface area contributed by atoms with Gasteiger partial charge in [-0.25, -0.2) is 0 Å². The van der Waals surface area contributed by atoms with E-state index in [1.807, 2.05) is 0 Å². The minimum Gasteiger partial charge on any atom is -0.303 e. The van der Waals surface area contributed by atoms with Crippen LogP contribution in [0.25, 0.3) is 0 Å². The smallest absolute Gasteiger partial charge is 0.119 e. The van der Waals surface area contributed by atoms with Crippen LogP contribution in [0.4, 0.5) is 0 Å². The van der Waals surface area contributed by atoms with Crippen LogP contribution in [0.5, 0.6) is 0 Å². The summed E-state index contributed by atoms with van der Waals surface area (Å²) in [6.45, 7) is 4.70. The van der Waals surface area contributed by atoms with Crippen molar-refractivity contribution in [2.75, 3.05) is 0 Å². The summed E-state index contributed by atoms with van der Waals surface area (Å²) in [6.07, 6.45) is 19.5. The summed E-state index contributed by atoms with van der Waals surface area (Å²) in [5.41, 5.74) is 0. The van der Waals surface area contributed by atoms with E-state index >= 15 is 0 Å². The molecule has 1 unspecified atom stereocenters. The molecule has 19 heavy (non-hydrogen) atoms. The summed E-state index contributed by atoms with van der Waals surface area (Å²) in [6, 6.07) is 0. The molecule has 114 valence electrons. The molecule has 1 atom stereocenters. The fourth-order valence-corrected chi connectivity index (χ4v) is 2.65. The molecule has 0 aliphatic rings. The zero-order valence-corrected chi connectivity index (χ0v) is 13.5. The molecule has 0 aromatic heterocycles. The molecule has 1 heteroatoms. The van der Waals surface area contributed by atoms with Gasteiger partial charge in [-0.05, 0) is 12.3 Å². The van der Waals surface area contributed by atoms with Crippen LogP contribution < -0.4 is 0 Å². The molecule has 0 aromatic carbocycles. The zero-order valence-electron chi connectivity index (χ0n) is 13.5. The molecular formula is C18H36O. The third-order valence-electron chi connectivity index (χ3n) is 4.07. The van der Waals surface area contributed by atoms with Crippen LogP contribution in [0.15, 0.2) is 0 Å². The molecule has 0 heterocycles. The first-order valence-corrected chi connectivity index (χ1v) is 8.74. The van der Waals surface area contributed by atoms with E-state index in [1.165, 1.54) is 77.0 Å². The Morgan fingerprint density at radius 2 is 1.21 bits per heavy atom. The van der Waals surface area contributed by atoms with Crippen molar-refractivity contribution in [2.24, 2.45) is 5.92 Å². The highest BCUT2D eigenvalue weighted by Gasteiger charge is 2.00. The van der Waals surface area contributed by atoms with Crippen LogP contribution in [-0.4, -0.2) is 6.29 Å². The molecule has 0 fully saturated rings. The molecule has 0 spiro atoms. The van der Waals surface area contributed by atoms with Gasteiger partial charge in [0, 0.05) is 6.42 Å². The summed E-state index contributed by atoms with van der Waals surface area (Å²) >= 11 is 0. The summed E-state index contributed by atoms with van der Waals surface area (Å²) in [5, 5.41) is 0. The van der Waals surface area contributed by atoms with E-state index in [2.05, 4.69) is 13.8 Å². The first-order valence-electron chi connectivity index (χ1n) is 8.74. The third-order valence-corrected chi connectivity index (χ3v) is 4.07. The van der Waals surface area contributed by atoms with Crippen LogP contribution in [0.2, 0.25) is 0 Å². The van der Waals surface area contributed by atoms with E-state index in [0.717, 1.165) is 25.0 Å². The second-order valence-electron chi connectivity index (χ2n) is 6.17. The van der Waals surface area contributed by atoms with Gasteiger partial charge < -0.3 is 4.79 Å². The van der Waals surface area contributed by atoms with E-state index < -0.39 is 0 Å². The van der Waals surface area contributed by atoms with Crippen LogP contribution in [0, 0.1) is 5.92 Å². The van der Waals surface area contributed by atoms with Crippen molar-refractivity contribution in [3.8, 4) is 0 Å². The second-order valence-corrected chi connectivity index (χ2v) is 6.17. The number of aldehydes is 1. The Hall–Kier alpha value is -0.330. The van der Waals surface area contributed by atoms with Crippen molar-refractivity contribution >= 4 is 6.29 Å². The molecule has 0 N–H and O–H groups in total. The highest BCUT2D eigenvalue weighted by molar-refractivity contribution is 5.48. The molecule has 0 rings (SSSR count). The van der Waals surface area contributed by atoms with Gasteiger partial charge in [0.1, 0.15) is 6.29 Å². The van der Waals surface area contributed by atoms with Crippen molar-refractivity contribution in [3.63, 3.8) is 0 Å². The average molecular weight is 268 g/mol. The van der Waals surface area contributed by atoms with Crippen molar-refractivity contribution < 1.29 is 4.79 Å². The van der Waals surface area contributed by atoms with E-state index in [-0.39, 0.29) is 0 Å². The Bertz CT molecular complexity index is 177. The van der Waals surface area contributed by atoms with Gasteiger partial charge in [-0.15, -0.1) is 0 Å². The van der Waals surface area contributed by atoms with Gasteiger partial charge in [0.15, 0.2) is 0 Å². The highest BCUT2D eigenvalue weighted by Crippen LogP contribution is 2.17. The van der Waals surface area contributed by atoms with Crippen LogP contribution in [-0.2, 0) is 4.79 Å². The average Bonchev–Trinajstić information content (AvgIpc) is 2.42. The largest absolute Gasteiger partial charge is 0.303 e. The molecule has 0 aliphatic heterocycles. The molecular weight excluding hydrogens is 232 g/mol. The first kappa shape index (κ1) is 18.7. The lowest BCUT2D eigenvalue weighted by molar-refractivity contribution is -0.107. The topological polar surface area (TPSA) is 17.1 Å². The van der Waals surface area contributed by atoms with Crippen molar-refractivity contribution in [1.29, 1.82) is 0 Å². The van der Waals surface area contributed by atoms with E-state index in [9.17, 15) is 4.79 Å². The van der Waals surface area contributed by atoms with Crippen molar-refractivity contribution in [2.45, 2.75) is 104 Å². The highest BCUT2D eigenvalue weighted by atomic mass is 16.1. The molecule has 0 saturated carbocycles. The first-order chi connectivity index (χ1) is 9.31. The molecule has 0 saturated heterocycles. The van der Waals surface area contributed by atoms with E-state index in [1.54, 1.807) is 0 Å². The van der Waals surface area contributed by atoms with Crippen molar-refractivity contribution in [1.82, 2.24) is 0 Å². The lowest BCUT2D eigenvalue weighted by Gasteiger charge is -2.10. The maximum atomic E-state index is 10.1. The number of carbonyl (C=O) groups excluding carboxylic acids is 1. The van der Waals surface area contributed by atoms with Gasteiger partial charge in [-0.1, -0.05) is 90.9 Å². The monoisotopic (exact) mass is 268 g/mol. The zero-order chi connectivity index (χ0) is 14.2. The van der Waals surface area contributed by atoms with Crippen LogP contribution >= 0.6 is 0 Å². The summed E-state index contributed by atoms with van der Waals surface area (Å²) in [4.78, 5) is 10.1. The molecule has 0 bridgehead atoms. The minimum absolute atomic E-state index is 0.760. The predicted octanol–water partition coefficient (Wildman–Crippen LogP) is 6.30. The van der Waals surface area contributed by atoms with Crippen molar-refractivity contribution in [3.05, 3.63) is 0 Å². The SMILES string of the molecule is CCCCC(C)CCCCCCCCCCCC=O. The van der Waals surface area contributed by atoms with Gasteiger partial charge in [-0.3, -0.25) is 0 Å². The maximum Gasteiger partial charge on any atom is 0.119 e. The molecule has 0 radical (unpaired) electrons. The van der Waals surface area contributed by atoms with Gasteiger partial charge in [0.05, 0.1) is 0 Å². The summed E-state index contributed by atoms with van der Waals surface area (Å²) in [7, 11) is 0. The van der Waals surface area contributed by atoms with Gasteiger partial charge >= 0.3 is 0 Å². The van der Waals surface area contributed by atoms with E-state index in [0.29, 0.717) is 0 Å². The molecule has 0 amide bonds. The lowest BCUT2D eigenvalue weighted by atomic mass is 9.97. The Kier molecular flexibility index (Phi) is 15.5. The van der Waals surface area contributed by atoms with Crippen LogP contribution in [0.1, 0.15) is 104 Å². The fourth-order valence-electron chi connectivity index (χ4n) is 2.65. The minimum atomic E-state index is 0.760. The Morgan fingerprint density at radius 3 is 1.74 bits per heavy atom. The van der Waals surface area contributed by atoms with E-state index in [4.69, 9.17) is 0 Å². The number of rotatable bonds is 15. The lowest BCUT2D eigenvalue weighted by Crippen LogP contribution is -1.94. The number of hydrogen-bond donors (Lipinski definition) is 0. The number of carbonyl (C=O) groups is 1. The maximum absolute atomic E-state index is 10.1. The number of unbranched alkanes of at least 4 members (excludes halogenated alkanes) is 10. The van der Waals surface area contributed by atoms with Gasteiger partial charge in [0.2, 0.25) is 0 Å². The Balaban J connectivity index is 3.04. The quantitative estimate of drug-likeness (QED) is 0.251. The Labute approximate surface area is 121 Å². The second kappa shape index (κ2) is 15.7.